The molecule has 1 heterocycles. The van der Waals surface area contributed by atoms with Gasteiger partial charge >= 0.3 is 0 Å². The van der Waals surface area contributed by atoms with Crippen LogP contribution in [0.2, 0.25) is 0 Å². The standard InChI is InChI=1S/C13H15F2N3O/c14-9-1-2-10(16)12(13(9)15)8-3-5-18(6-4-8)7-11(17)19/h1-3H,4-7,16H2,(H2,17,19). The van der Waals surface area contributed by atoms with E-state index < -0.39 is 17.5 Å². The Balaban J connectivity index is 2.23. The van der Waals surface area contributed by atoms with E-state index in [0.717, 1.165) is 6.07 Å². The number of hydrogen-bond donors (Lipinski definition) is 2. The molecule has 0 spiro atoms. The van der Waals surface area contributed by atoms with Crippen molar-refractivity contribution >= 4 is 17.2 Å². The van der Waals surface area contributed by atoms with Gasteiger partial charge in [0.1, 0.15) is 0 Å². The molecule has 1 aliphatic rings. The summed E-state index contributed by atoms with van der Waals surface area (Å²) in [7, 11) is 0. The average molecular weight is 267 g/mol. The van der Waals surface area contributed by atoms with Crippen molar-refractivity contribution in [1.29, 1.82) is 0 Å². The fourth-order valence-corrected chi connectivity index (χ4v) is 2.19. The zero-order valence-electron chi connectivity index (χ0n) is 10.3. The highest BCUT2D eigenvalue weighted by molar-refractivity contribution is 5.78. The predicted molar refractivity (Wildman–Crippen MR) is 69.0 cm³/mol. The van der Waals surface area contributed by atoms with Gasteiger partial charge in [-0.15, -0.1) is 0 Å². The Bertz CT molecular complexity index is 543. The van der Waals surface area contributed by atoms with Crippen LogP contribution in [0.3, 0.4) is 0 Å². The van der Waals surface area contributed by atoms with Gasteiger partial charge in [0, 0.05) is 24.3 Å². The molecular formula is C13H15F2N3O. The number of hydrogen-bond acceptors (Lipinski definition) is 3. The summed E-state index contributed by atoms with van der Waals surface area (Å²) in [6.07, 6.45) is 2.25. The molecule has 19 heavy (non-hydrogen) atoms. The molecule has 6 heteroatoms. The number of primary amides is 1. The van der Waals surface area contributed by atoms with Crippen LogP contribution in [0.15, 0.2) is 18.2 Å². The van der Waals surface area contributed by atoms with Gasteiger partial charge in [0.2, 0.25) is 5.91 Å². The lowest BCUT2D eigenvalue weighted by molar-refractivity contribution is -0.119. The van der Waals surface area contributed by atoms with E-state index in [1.54, 1.807) is 6.08 Å². The lowest BCUT2D eigenvalue weighted by Crippen LogP contribution is -2.36. The molecule has 1 amide bonds. The first-order valence-electron chi connectivity index (χ1n) is 5.92. The Morgan fingerprint density at radius 2 is 2.11 bits per heavy atom. The first kappa shape index (κ1) is 13.5. The van der Waals surface area contributed by atoms with Crippen molar-refractivity contribution in [1.82, 2.24) is 4.90 Å². The summed E-state index contributed by atoms with van der Waals surface area (Å²) in [5.74, 6) is -2.24. The van der Waals surface area contributed by atoms with Gasteiger partial charge in [-0.3, -0.25) is 9.69 Å². The van der Waals surface area contributed by atoms with Gasteiger partial charge in [0.05, 0.1) is 6.54 Å². The maximum atomic E-state index is 13.8. The van der Waals surface area contributed by atoms with E-state index in [-0.39, 0.29) is 17.8 Å². The number of halogens is 2. The molecule has 2 rings (SSSR count). The van der Waals surface area contributed by atoms with Gasteiger partial charge in [0.25, 0.3) is 0 Å². The van der Waals surface area contributed by atoms with Crippen LogP contribution in [0.1, 0.15) is 12.0 Å². The molecule has 0 aromatic heterocycles. The largest absolute Gasteiger partial charge is 0.398 e. The highest BCUT2D eigenvalue weighted by Crippen LogP contribution is 2.30. The van der Waals surface area contributed by atoms with Gasteiger partial charge in [-0.05, 0) is 24.1 Å². The minimum Gasteiger partial charge on any atom is -0.398 e. The van der Waals surface area contributed by atoms with Crippen LogP contribution in [-0.2, 0) is 4.79 Å². The molecule has 1 aliphatic heterocycles. The topological polar surface area (TPSA) is 72.4 Å². The van der Waals surface area contributed by atoms with Crippen LogP contribution in [-0.4, -0.2) is 30.4 Å². The smallest absolute Gasteiger partial charge is 0.231 e. The number of nitrogen functional groups attached to an aromatic ring is 1. The third-order valence-electron chi connectivity index (χ3n) is 3.12. The second-order valence-electron chi connectivity index (χ2n) is 4.51. The number of rotatable bonds is 3. The molecule has 0 unspecified atom stereocenters. The second kappa shape index (κ2) is 5.36. The zero-order valence-corrected chi connectivity index (χ0v) is 10.3. The molecule has 0 bridgehead atoms. The van der Waals surface area contributed by atoms with Crippen molar-refractivity contribution in [3.05, 3.63) is 35.4 Å². The van der Waals surface area contributed by atoms with Crippen LogP contribution in [0.25, 0.3) is 5.57 Å². The van der Waals surface area contributed by atoms with Gasteiger partial charge in [-0.1, -0.05) is 6.08 Å². The molecule has 4 nitrogen and oxygen atoms in total. The molecule has 0 fully saturated rings. The minimum absolute atomic E-state index is 0.124. The fraction of sp³-hybridized carbons (Fsp3) is 0.308. The predicted octanol–water partition coefficient (Wildman–Crippen LogP) is 1.12. The van der Waals surface area contributed by atoms with E-state index in [2.05, 4.69) is 0 Å². The summed E-state index contributed by atoms with van der Waals surface area (Å²) >= 11 is 0. The summed E-state index contributed by atoms with van der Waals surface area (Å²) in [6, 6.07) is 2.36. The van der Waals surface area contributed by atoms with Gasteiger partial charge in [-0.25, -0.2) is 8.78 Å². The molecular weight excluding hydrogens is 252 g/mol. The van der Waals surface area contributed by atoms with Crippen LogP contribution < -0.4 is 11.5 Å². The Kier molecular flexibility index (Phi) is 3.80. The highest BCUT2D eigenvalue weighted by atomic mass is 19.2. The van der Waals surface area contributed by atoms with Gasteiger partial charge < -0.3 is 11.5 Å². The molecule has 0 radical (unpaired) electrons. The molecule has 102 valence electrons. The third-order valence-corrected chi connectivity index (χ3v) is 3.12. The number of amides is 1. The van der Waals surface area contributed by atoms with Gasteiger partial charge in [-0.2, -0.15) is 0 Å². The van der Waals surface area contributed by atoms with E-state index in [4.69, 9.17) is 11.5 Å². The lowest BCUT2D eigenvalue weighted by Gasteiger charge is -2.25. The first-order valence-corrected chi connectivity index (χ1v) is 5.92. The van der Waals surface area contributed by atoms with Crippen LogP contribution in [0, 0.1) is 11.6 Å². The average Bonchev–Trinajstić information content (AvgIpc) is 2.36. The van der Waals surface area contributed by atoms with E-state index in [1.807, 2.05) is 4.90 Å². The maximum absolute atomic E-state index is 13.8. The Hall–Kier alpha value is -1.95. The van der Waals surface area contributed by atoms with Crippen LogP contribution >= 0.6 is 0 Å². The van der Waals surface area contributed by atoms with E-state index in [1.165, 1.54) is 6.07 Å². The highest BCUT2D eigenvalue weighted by Gasteiger charge is 2.20. The minimum atomic E-state index is -0.922. The maximum Gasteiger partial charge on any atom is 0.231 e. The molecule has 0 saturated carbocycles. The van der Waals surface area contributed by atoms with Crippen molar-refractivity contribution in [2.45, 2.75) is 6.42 Å². The van der Waals surface area contributed by atoms with Crippen molar-refractivity contribution in [2.75, 3.05) is 25.4 Å². The van der Waals surface area contributed by atoms with E-state index in [0.29, 0.717) is 25.1 Å². The Morgan fingerprint density at radius 3 is 2.68 bits per heavy atom. The molecule has 4 N–H and O–H groups in total. The summed E-state index contributed by atoms with van der Waals surface area (Å²) in [6.45, 7) is 1.18. The van der Waals surface area contributed by atoms with E-state index in [9.17, 15) is 13.6 Å². The zero-order chi connectivity index (χ0) is 14.0. The number of anilines is 1. The first-order chi connectivity index (χ1) is 8.99. The fourth-order valence-electron chi connectivity index (χ4n) is 2.19. The number of carbonyl (C=O) groups is 1. The summed E-state index contributed by atoms with van der Waals surface area (Å²) < 4.78 is 27.0. The van der Waals surface area contributed by atoms with Crippen molar-refractivity contribution in [3.8, 4) is 0 Å². The summed E-state index contributed by atoms with van der Waals surface area (Å²) in [5, 5.41) is 0. The van der Waals surface area contributed by atoms with Gasteiger partial charge in [0.15, 0.2) is 11.6 Å². The number of benzene rings is 1. The Labute approximate surface area is 109 Å². The van der Waals surface area contributed by atoms with Crippen molar-refractivity contribution in [2.24, 2.45) is 5.73 Å². The van der Waals surface area contributed by atoms with Crippen molar-refractivity contribution < 1.29 is 13.6 Å². The third kappa shape index (κ3) is 2.90. The quantitative estimate of drug-likeness (QED) is 0.806. The molecule has 0 aliphatic carbocycles. The molecule has 1 aromatic carbocycles. The Morgan fingerprint density at radius 1 is 1.37 bits per heavy atom. The lowest BCUT2D eigenvalue weighted by atomic mass is 9.97. The molecule has 0 saturated heterocycles. The molecule has 1 aromatic rings. The number of carbonyl (C=O) groups excluding carboxylic acids is 1. The second-order valence-corrected chi connectivity index (χ2v) is 4.51. The number of nitrogens with zero attached hydrogens (tertiary/aromatic N) is 1. The van der Waals surface area contributed by atoms with Crippen LogP contribution in [0.5, 0.6) is 0 Å². The normalized spacial score (nSPS) is 16.2. The van der Waals surface area contributed by atoms with E-state index >= 15 is 0 Å². The summed E-state index contributed by atoms with van der Waals surface area (Å²) in [5.41, 5.74) is 11.8. The number of nitrogens with two attached hydrogens (primary N) is 2. The van der Waals surface area contributed by atoms with Crippen LogP contribution in [0.4, 0.5) is 14.5 Å². The summed E-state index contributed by atoms with van der Waals surface area (Å²) in [4.78, 5) is 12.6. The monoisotopic (exact) mass is 267 g/mol. The van der Waals surface area contributed by atoms with Crippen molar-refractivity contribution in [3.63, 3.8) is 0 Å². The molecule has 0 atom stereocenters. The SMILES string of the molecule is NC(=O)CN1CC=C(c2c(N)ccc(F)c2F)CC1.